The van der Waals surface area contributed by atoms with Crippen LogP contribution < -0.4 is 10.6 Å². The van der Waals surface area contributed by atoms with E-state index in [0.29, 0.717) is 27.0 Å². The summed E-state index contributed by atoms with van der Waals surface area (Å²) in [5, 5.41) is 6.13. The van der Waals surface area contributed by atoms with Crippen molar-refractivity contribution in [1.29, 1.82) is 0 Å². The van der Waals surface area contributed by atoms with Crippen molar-refractivity contribution in [2.24, 2.45) is 0 Å². The Hall–Kier alpha value is -1.95. The zero-order chi connectivity index (χ0) is 14.0. The average Bonchev–Trinajstić information content (AvgIpc) is 2.74. The molecule has 0 aliphatic carbocycles. The number of hydrogen-bond donors (Lipinski definition) is 2. The van der Waals surface area contributed by atoms with E-state index in [9.17, 15) is 9.18 Å². The molecule has 1 amide bonds. The predicted octanol–water partition coefficient (Wildman–Crippen LogP) is 3.00. The molecule has 4 nitrogen and oxygen atoms in total. The Morgan fingerprint density at radius 3 is 2.74 bits per heavy atom. The highest BCUT2D eigenvalue weighted by atomic mass is 32.1. The first-order valence-electron chi connectivity index (χ1n) is 5.74. The van der Waals surface area contributed by atoms with Gasteiger partial charge in [-0.2, -0.15) is 0 Å². The molecule has 1 heterocycles. The van der Waals surface area contributed by atoms with Gasteiger partial charge in [0.25, 0.3) is 5.91 Å². The zero-order valence-corrected chi connectivity index (χ0v) is 11.7. The van der Waals surface area contributed by atoms with Gasteiger partial charge in [0.15, 0.2) is 5.13 Å². The van der Waals surface area contributed by atoms with Crippen LogP contribution >= 0.6 is 11.3 Å². The largest absolute Gasteiger partial charge is 0.354 e. The fourth-order valence-corrected chi connectivity index (χ4v) is 2.50. The summed E-state index contributed by atoms with van der Waals surface area (Å²) in [4.78, 5) is 16.4. The highest BCUT2D eigenvalue weighted by Gasteiger charge is 2.14. The van der Waals surface area contributed by atoms with Crippen LogP contribution in [0.1, 0.15) is 20.9 Å². The van der Waals surface area contributed by atoms with Gasteiger partial charge >= 0.3 is 0 Å². The Morgan fingerprint density at radius 1 is 1.37 bits per heavy atom. The first-order valence-corrected chi connectivity index (χ1v) is 6.55. The van der Waals surface area contributed by atoms with Crippen molar-refractivity contribution in [3.8, 4) is 0 Å². The number of anilines is 2. The smallest absolute Gasteiger partial charge is 0.263 e. The molecule has 1 aromatic carbocycles. The molecule has 0 atom stereocenters. The Kier molecular flexibility index (Phi) is 3.80. The van der Waals surface area contributed by atoms with Crippen molar-refractivity contribution in [3.63, 3.8) is 0 Å². The highest BCUT2D eigenvalue weighted by molar-refractivity contribution is 7.17. The second kappa shape index (κ2) is 5.36. The average molecular weight is 279 g/mol. The molecule has 6 heteroatoms. The van der Waals surface area contributed by atoms with Crippen LogP contribution in [0.3, 0.4) is 0 Å². The van der Waals surface area contributed by atoms with Crippen LogP contribution in [0.25, 0.3) is 0 Å². The first-order chi connectivity index (χ1) is 9.01. The van der Waals surface area contributed by atoms with E-state index in [2.05, 4.69) is 15.6 Å². The summed E-state index contributed by atoms with van der Waals surface area (Å²) in [7, 11) is 1.57. The van der Waals surface area contributed by atoms with Gasteiger partial charge in [0.1, 0.15) is 10.7 Å². The van der Waals surface area contributed by atoms with Gasteiger partial charge in [-0.05, 0) is 31.5 Å². The summed E-state index contributed by atoms with van der Waals surface area (Å²) in [6, 6.07) is 4.87. The maximum Gasteiger partial charge on any atom is 0.263 e. The van der Waals surface area contributed by atoms with Crippen molar-refractivity contribution in [1.82, 2.24) is 10.3 Å². The molecule has 0 saturated heterocycles. The molecular weight excluding hydrogens is 265 g/mol. The maximum absolute atomic E-state index is 13.4. The number of nitrogens with zero attached hydrogens (tertiary/aromatic N) is 1. The van der Waals surface area contributed by atoms with Gasteiger partial charge < -0.3 is 10.6 Å². The van der Waals surface area contributed by atoms with Crippen LogP contribution in [0.2, 0.25) is 0 Å². The van der Waals surface area contributed by atoms with Crippen LogP contribution in [-0.2, 0) is 0 Å². The maximum atomic E-state index is 13.4. The Bertz CT molecular complexity index is 624. The fraction of sp³-hybridized carbons (Fsp3) is 0.231. The molecule has 19 heavy (non-hydrogen) atoms. The number of nitrogens with one attached hydrogen (secondary N) is 2. The summed E-state index contributed by atoms with van der Waals surface area (Å²) in [6.45, 7) is 3.47. The fourth-order valence-electron chi connectivity index (χ4n) is 1.57. The summed E-state index contributed by atoms with van der Waals surface area (Å²) in [6.07, 6.45) is 0. The van der Waals surface area contributed by atoms with E-state index in [1.807, 2.05) is 0 Å². The summed E-state index contributed by atoms with van der Waals surface area (Å²) in [5.41, 5.74) is 1.85. The predicted molar refractivity (Wildman–Crippen MR) is 74.7 cm³/mol. The molecule has 1 aromatic heterocycles. The monoisotopic (exact) mass is 279 g/mol. The molecule has 0 aliphatic heterocycles. The number of carbonyl (C=O) groups is 1. The summed E-state index contributed by atoms with van der Waals surface area (Å²) < 4.78 is 13.4. The standard InChI is InChI=1S/C13H14FN3OS/c1-7-4-5-9(6-10(7)14)17-13-16-8(2)11(19-13)12(18)15-3/h4-6H,1-3H3,(H,15,18)(H,16,17). The molecule has 0 aliphatic rings. The minimum absolute atomic E-state index is 0.168. The number of carbonyl (C=O) groups excluding carboxylic acids is 1. The number of rotatable bonds is 3. The normalized spacial score (nSPS) is 10.3. The van der Waals surface area contributed by atoms with E-state index in [-0.39, 0.29) is 11.7 Å². The molecular formula is C13H14FN3OS. The van der Waals surface area contributed by atoms with Crippen molar-refractivity contribution in [2.75, 3.05) is 12.4 Å². The second-order valence-corrected chi connectivity index (χ2v) is 5.10. The molecule has 100 valence electrons. The Labute approximate surface area is 114 Å². The van der Waals surface area contributed by atoms with E-state index >= 15 is 0 Å². The number of hydrogen-bond acceptors (Lipinski definition) is 4. The van der Waals surface area contributed by atoms with Crippen molar-refractivity contribution < 1.29 is 9.18 Å². The van der Waals surface area contributed by atoms with Crippen molar-refractivity contribution >= 4 is 28.1 Å². The Balaban J connectivity index is 2.24. The molecule has 0 unspecified atom stereocenters. The number of aromatic nitrogens is 1. The van der Waals surface area contributed by atoms with Crippen LogP contribution in [0.4, 0.5) is 15.2 Å². The molecule has 2 aromatic rings. The second-order valence-electron chi connectivity index (χ2n) is 4.10. The van der Waals surface area contributed by atoms with Crippen molar-refractivity contribution in [3.05, 3.63) is 40.2 Å². The van der Waals surface area contributed by atoms with Gasteiger partial charge in [0.05, 0.1) is 5.69 Å². The van der Waals surface area contributed by atoms with Gasteiger partial charge in [0, 0.05) is 12.7 Å². The summed E-state index contributed by atoms with van der Waals surface area (Å²) in [5.74, 6) is -0.442. The third kappa shape index (κ3) is 2.90. The van der Waals surface area contributed by atoms with Gasteiger partial charge in [0.2, 0.25) is 0 Å². The number of benzene rings is 1. The molecule has 0 saturated carbocycles. The number of aryl methyl sites for hydroxylation is 2. The molecule has 0 fully saturated rings. The lowest BCUT2D eigenvalue weighted by Crippen LogP contribution is -2.17. The first kappa shape index (κ1) is 13.5. The lowest BCUT2D eigenvalue weighted by Gasteiger charge is -2.03. The van der Waals surface area contributed by atoms with Crippen LogP contribution in [0.5, 0.6) is 0 Å². The Morgan fingerprint density at radius 2 is 2.11 bits per heavy atom. The minimum atomic E-state index is -0.273. The summed E-state index contributed by atoms with van der Waals surface area (Å²) >= 11 is 1.24. The van der Waals surface area contributed by atoms with Gasteiger partial charge in [-0.25, -0.2) is 9.37 Å². The number of halogens is 1. The topological polar surface area (TPSA) is 54.0 Å². The van der Waals surface area contributed by atoms with Crippen LogP contribution in [0.15, 0.2) is 18.2 Å². The molecule has 2 rings (SSSR count). The SMILES string of the molecule is CNC(=O)c1sc(Nc2ccc(C)c(F)c2)nc1C. The van der Waals surface area contributed by atoms with Gasteiger partial charge in [-0.1, -0.05) is 17.4 Å². The lowest BCUT2D eigenvalue weighted by molar-refractivity contribution is 0.0966. The number of thiazole rings is 1. The zero-order valence-electron chi connectivity index (χ0n) is 10.9. The molecule has 2 N–H and O–H groups in total. The lowest BCUT2D eigenvalue weighted by atomic mass is 10.2. The highest BCUT2D eigenvalue weighted by Crippen LogP contribution is 2.26. The minimum Gasteiger partial charge on any atom is -0.354 e. The van der Waals surface area contributed by atoms with Gasteiger partial charge in [-0.15, -0.1) is 0 Å². The van der Waals surface area contributed by atoms with E-state index in [1.165, 1.54) is 17.4 Å². The van der Waals surface area contributed by atoms with E-state index in [1.54, 1.807) is 33.0 Å². The molecule has 0 bridgehead atoms. The van der Waals surface area contributed by atoms with Gasteiger partial charge in [-0.3, -0.25) is 4.79 Å². The third-order valence-corrected chi connectivity index (χ3v) is 3.72. The third-order valence-electron chi connectivity index (χ3n) is 2.65. The van der Waals surface area contributed by atoms with Crippen LogP contribution in [0, 0.1) is 19.7 Å². The number of amides is 1. The van der Waals surface area contributed by atoms with Crippen molar-refractivity contribution in [2.45, 2.75) is 13.8 Å². The quantitative estimate of drug-likeness (QED) is 0.908. The molecule has 0 spiro atoms. The molecule has 0 radical (unpaired) electrons. The van der Waals surface area contributed by atoms with E-state index < -0.39 is 0 Å². The van der Waals surface area contributed by atoms with E-state index in [0.717, 1.165) is 0 Å². The van der Waals surface area contributed by atoms with E-state index in [4.69, 9.17) is 0 Å². The van der Waals surface area contributed by atoms with Crippen LogP contribution in [-0.4, -0.2) is 17.9 Å².